The van der Waals surface area contributed by atoms with Crippen LogP contribution in [0.15, 0.2) is 65.8 Å². The van der Waals surface area contributed by atoms with E-state index < -0.39 is 6.10 Å². The largest absolute Gasteiger partial charge is 0.367 e. The van der Waals surface area contributed by atoms with E-state index in [9.17, 15) is 4.79 Å². The normalized spacial score (nSPS) is 17.5. The maximum Gasteiger partial charge on any atom is 0.256 e. The van der Waals surface area contributed by atoms with Crippen LogP contribution in [0.25, 0.3) is 0 Å². The molecule has 31 heavy (non-hydrogen) atoms. The van der Waals surface area contributed by atoms with Gasteiger partial charge in [0, 0.05) is 38.9 Å². The zero-order valence-corrected chi connectivity index (χ0v) is 18.8. The lowest BCUT2D eigenvalue weighted by molar-refractivity contribution is -0.143. The van der Waals surface area contributed by atoms with E-state index in [2.05, 4.69) is 26.9 Å². The van der Waals surface area contributed by atoms with E-state index in [0.29, 0.717) is 6.54 Å². The molecule has 1 aromatic heterocycles. The summed E-state index contributed by atoms with van der Waals surface area (Å²) in [5.74, 6) is 1.99. The molecular weight excluding hydrogens is 408 g/mol. The zero-order valence-electron chi connectivity index (χ0n) is 18.0. The molecule has 7 heteroatoms. The third kappa shape index (κ3) is 4.99. The molecule has 3 aromatic rings. The van der Waals surface area contributed by atoms with Crippen molar-refractivity contribution in [2.75, 3.05) is 20.2 Å². The second kappa shape index (κ2) is 10.1. The molecule has 162 valence electrons. The molecule has 0 bridgehead atoms. The Morgan fingerprint density at radius 1 is 1.13 bits per heavy atom. The summed E-state index contributed by atoms with van der Waals surface area (Å²) in [6.07, 6.45) is 1.37. The van der Waals surface area contributed by atoms with Gasteiger partial charge in [0.15, 0.2) is 11.3 Å². The van der Waals surface area contributed by atoms with Crippen LogP contribution in [0.2, 0.25) is 0 Å². The Morgan fingerprint density at radius 2 is 1.84 bits per heavy atom. The average molecular weight is 437 g/mol. The van der Waals surface area contributed by atoms with Crippen molar-refractivity contribution in [1.82, 2.24) is 19.7 Å². The first-order valence-electron chi connectivity index (χ1n) is 10.6. The first-order valence-corrected chi connectivity index (χ1v) is 11.6. The number of benzene rings is 2. The van der Waals surface area contributed by atoms with E-state index in [1.807, 2.05) is 60.5 Å². The lowest BCUT2D eigenvalue weighted by atomic mass is 9.96. The number of piperidine rings is 1. The number of hydrogen-bond acceptors (Lipinski definition) is 5. The van der Waals surface area contributed by atoms with Crippen LogP contribution in [0.4, 0.5) is 0 Å². The van der Waals surface area contributed by atoms with Crippen LogP contribution in [0.5, 0.6) is 0 Å². The van der Waals surface area contributed by atoms with Gasteiger partial charge in [-0.05, 0) is 24.0 Å². The summed E-state index contributed by atoms with van der Waals surface area (Å²) >= 11 is 1.69. The molecule has 0 N–H and O–H groups in total. The van der Waals surface area contributed by atoms with Gasteiger partial charge in [-0.25, -0.2) is 0 Å². The van der Waals surface area contributed by atoms with E-state index in [1.165, 1.54) is 5.56 Å². The second-order valence-corrected chi connectivity index (χ2v) is 8.77. The number of hydrogen-bond donors (Lipinski definition) is 0. The summed E-state index contributed by atoms with van der Waals surface area (Å²) < 4.78 is 7.65. The highest BCUT2D eigenvalue weighted by Crippen LogP contribution is 2.30. The summed E-state index contributed by atoms with van der Waals surface area (Å²) in [4.78, 5) is 15.1. The first kappa shape index (κ1) is 21.6. The number of ether oxygens (including phenoxy) is 1. The van der Waals surface area contributed by atoms with Gasteiger partial charge in [-0.3, -0.25) is 4.79 Å². The van der Waals surface area contributed by atoms with Crippen molar-refractivity contribution in [2.45, 2.75) is 35.8 Å². The molecule has 1 fully saturated rings. The molecule has 2 atom stereocenters. The van der Waals surface area contributed by atoms with Gasteiger partial charge in [0.05, 0.1) is 0 Å². The summed E-state index contributed by atoms with van der Waals surface area (Å²) in [6, 6.07) is 20.0. The summed E-state index contributed by atoms with van der Waals surface area (Å²) in [5, 5.41) is 9.82. The molecule has 0 radical (unpaired) electrons. The van der Waals surface area contributed by atoms with Crippen molar-refractivity contribution >= 4 is 17.7 Å². The van der Waals surface area contributed by atoms with Crippen molar-refractivity contribution in [3.8, 4) is 0 Å². The molecule has 0 aliphatic carbocycles. The van der Waals surface area contributed by atoms with Gasteiger partial charge >= 0.3 is 0 Å². The Balaban J connectivity index is 1.44. The maximum atomic E-state index is 13.2. The molecule has 1 aliphatic rings. The molecule has 2 aromatic carbocycles. The topological polar surface area (TPSA) is 60.2 Å². The molecule has 6 nitrogen and oxygen atoms in total. The predicted octanol–water partition coefficient (Wildman–Crippen LogP) is 4.20. The average Bonchev–Trinajstić information content (AvgIpc) is 3.20. The van der Waals surface area contributed by atoms with Gasteiger partial charge in [0.1, 0.15) is 5.82 Å². The number of aromatic nitrogens is 3. The Kier molecular flexibility index (Phi) is 7.04. The zero-order chi connectivity index (χ0) is 21.6. The monoisotopic (exact) mass is 436 g/mol. The number of rotatable bonds is 7. The van der Waals surface area contributed by atoms with Gasteiger partial charge in [-0.15, -0.1) is 10.2 Å². The van der Waals surface area contributed by atoms with Gasteiger partial charge < -0.3 is 14.2 Å². The minimum Gasteiger partial charge on any atom is -0.367 e. The molecule has 1 amide bonds. The number of amides is 1. The third-order valence-electron chi connectivity index (χ3n) is 5.74. The minimum atomic E-state index is -0.573. The molecule has 2 unspecified atom stereocenters. The molecule has 1 aliphatic heterocycles. The SMILES string of the molecule is COC(C(=O)N1CCCC(c2nnc(SCc3ccccc3)n2C)C1)c1ccccc1. The summed E-state index contributed by atoms with van der Waals surface area (Å²) in [5.41, 5.74) is 2.15. The lowest BCUT2D eigenvalue weighted by Crippen LogP contribution is -2.42. The summed E-state index contributed by atoms with van der Waals surface area (Å²) in [7, 11) is 3.61. The Labute approximate surface area is 187 Å². The van der Waals surface area contributed by atoms with Gasteiger partial charge in [0.2, 0.25) is 0 Å². The molecular formula is C24H28N4O2S. The highest BCUT2D eigenvalue weighted by Gasteiger charge is 2.32. The van der Waals surface area contributed by atoms with Gasteiger partial charge in [0.25, 0.3) is 5.91 Å². The summed E-state index contributed by atoms with van der Waals surface area (Å²) in [6.45, 7) is 1.39. The first-order chi connectivity index (χ1) is 15.2. The number of methoxy groups -OCH3 is 1. The van der Waals surface area contributed by atoms with Crippen molar-refractivity contribution < 1.29 is 9.53 Å². The third-order valence-corrected chi connectivity index (χ3v) is 6.83. The smallest absolute Gasteiger partial charge is 0.256 e. The highest BCUT2D eigenvalue weighted by molar-refractivity contribution is 7.98. The van der Waals surface area contributed by atoms with Crippen LogP contribution in [0.1, 0.15) is 41.8 Å². The van der Waals surface area contributed by atoms with Crippen molar-refractivity contribution in [1.29, 1.82) is 0 Å². The van der Waals surface area contributed by atoms with Crippen LogP contribution in [-0.2, 0) is 22.3 Å². The van der Waals surface area contributed by atoms with Crippen LogP contribution in [0, 0.1) is 0 Å². The lowest BCUT2D eigenvalue weighted by Gasteiger charge is -2.34. The Bertz CT molecular complexity index is 993. The van der Waals surface area contributed by atoms with E-state index >= 15 is 0 Å². The number of nitrogens with zero attached hydrogens (tertiary/aromatic N) is 4. The second-order valence-electron chi connectivity index (χ2n) is 7.82. The molecule has 0 spiro atoms. The van der Waals surface area contributed by atoms with Crippen molar-refractivity contribution in [3.63, 3.8) is 0 Å². The molecule has 2 heterocycles. The minimum absolute atomic E-state index is 0.0132. The standard InChI is InChI=1S/C24H28N4O2S/c1-27-22(25-26-24(27)31-17-18-10-5-3-6-11-18)20-14-9-15-28(16-20)23(29)21(30-2)19-12-7-4-8-13-19/h3-8,10-13,20-21H,9,14-17H2,1-2H3. The van der Waals surface area contributed by atoms with Crippen LogP contribution >= 0.6 is 11.8 Å². The van der Waals surface area contributed by atoms with Crippen molar-refractivity contribution in [2.24, 2.45) is 7.05 Å². The quantitative estimate of drug-likeness (QED) is 0.520. The van der Waals surface area contributed by atoms with E-state index in [-0.39, 0.29) is 11.8 Å². The van der Waals surface area contributed by atoms with Gasteiger partial charge in [-0.2, -0.15) is 0 Å². The van der Waals surface area contributed by atoms with Crippen LogP contribution in [-0.4, -0.2) is 45.8 Å². The molecule has 1 saturated heterocycles. The number of likely N-dealkylation sites (tertiary alicyclic amines) is 1. The van der Waals surface area contributed by atoms with E-state index in [4.69, 9.17) is 4.74 Å². The number of carbonyl (C=O) groups excluding carboxylic acids is 1. The molecule has 0 saturated carbocycles. The van der Waals surface area contributed by atoms with Crippen molar-refractivity contribution in [3.05, 3.63) is 77.6 Å². The fourth-order valence-electron chi connectivity index (χ4n) is 4.09. The number of carbonyl (C=O) groups is 1. The van der Waals surface area contributed by atoms with E-state index in [1.54, 1.807) is 18.9 Å². The van der Waals surface area contributed by atoms with Crippen LogP contribution < -0.4 is 0 Å². The predicted molar refractivity (Wildman–Crippen MR) is 122 cm³/mol. The Morgan fingerprint density at radius 3 is 2.55 bits per heavy atom. The maximum absolute atomic E-state index is 13.2. The van der Waals surface area contributed by atoms with E-state index in [0.717, 1.165) is 41.7 Å². The fourth-order valence-corrected chi connectivity index (χ4v) is 4.96. The number of thioether (sulfide) groups is 1. The highest BCUT2D eigenvalue weighted by atomic mass is 32.2. The van der Waals surface area contributed by atoms with Gasteiger partial charge in [-0.1, -0.05) is 72.4 Å². The fraction of sp³-hybridized carbons (Fsp3) is 0.375. The van der Waals surface area contributed by atoms with Crippen LogP contribution in [0.3, 0.4) is 0 Å². The molecule has 4 rings (SSSR count). The Hall–Kier alpha value is -2.64.